The molecule has 0 amide bonds. The number of hydrogen-bond acceptors (Lipinski definition) is 0. The van der Waals surface area contributed by atoms with Gasteiger partial charge in [0.2, 0.25) is 0 Å². The van der Waals surface area contributed by atoms with Crippen molar-refractivity contribution in [1.82, 2.24) is 0 Å². The molecule has 0 aromatic carbocycles. The van der Waals surface area contributed by atoms with E-state index in [0.717, 1.165) is 12.8 Å². The van der Waals surface area contributed by atoms with Gasteiger partial charge in [-0.2, -0.15) is 39.3 Å². The van der Waals surface area contributed by atoms with Crippen LogP contribution in [0, 0.1) is 12.2 Å². The molecule has 0 aromatic heterocycles. The number of rotatable bonds is 0. The van der Waals surface area contributed by atoms with E-state index in [1.54, 1.807) is 28.2 Å². The van der Waals surface area contributed by atoms with Crippen LogP contribution in [0.2, 0.25) is 0 Å². The van der Waals surface area contributed by atoms with Gasteiger partial charge in [-0.25, -0.2) is 23.3 Å². The Hall–Kier alpha value is -0.237. The van der Waals surface area contributed by atoms with Gasteiger partial charge in [-0.15, -0.1) is 0 Å². The normalized spacial score (nSPS) is 14.5. The molecule has 2 aliphatic carbocycles. The Morgan fingerprint density at radius 3 is 1.00 bits per heavy atom. The summed E-state index contributed by atoms with van der Waals surface area (Å²) in [5.41, 5.74) is 5.30. The van der Waals surface area contributed by atoms with Crippen molar-refractivity contribution in [3.63, 3.8) is 0 Å². The minimum absolute atomic E-state index is 0. The fraction of sp³-hybridized carbons (Fsp3) is 0.556. The molecule has 0 aliphatic heterocycles. The largest absolute Gasteiger partial charge is 4.00 e. The second kappa shape index (κ2) is 17.8. The van der Waals surface area contributed by atoms with Gasteiger partial charge in [-0.05, 0) is 0 Å². The molecule has 0 bridgehead atoms. The van der Waals surface area contributed by atoms with E-state index in [4.69, 9.17) is 0 Å². The van der Waals surface area contributed by atoms with Gasteiger partial charge < -0.3 is 10.6 Å². The smallest absolute Gasteiger partial charge is 0.668 e. The van der Waals surface area contributed by atoms with Crippen LogP contribution in [-0.4, -0.2) is 28.2 Å². The Bertz CT molecular complexity index is 327. The first-order valence-electron chi connectivity index (χ1n) is 6.89. The molecule has 2 rings (SSSR count). The van der Waals surface area contributed by atoms with E-state index in [2.05, 4.69) is 62.6 Å². The molecular weight excluding hydrogens is 335 g/mol. The topological polar surface area (TPSA) is 28.2 Å². The quantitative estimate of drug-likeness (QED) is 0.514. The molecule has 0 radical (unpaired) electrons. The van der Waals surface area contributed by atoms with Crippen LogP contribution in [-0.2, 0) is 26.2 Å². The fourth-order valence-electron chi connectivity index (χ4n) is 1.49. The van der Waals surface area contributed by atoms with Crippen molar-refractivity contribution in [3.05, 3.63) is 57.2 Å². The molecule has 116 valence electrons. The third kappa shape index (κ3) is 19.8. The monoisotopic (exact) mass is 364 g/mol. The molecule has 21 heavy (non-hydrogen) atoms. The maximum absolute atomic E-state index is 3.50. The van der Waals surface area contributed by atoms with E-state index in [1.807, 2.05) is 0 Å². The molecular formula is C18H30N2Zr. The van der Waals surface area contributed by atoms with Gasteiger partial charge in [0, 0.05) is 0 Å². The first-order chi connectivity index (χ1) is 9.40. The van der Waals surface area contributed by atoms with Crippen LogP contribution in [0.15, 0.2) is 34.4 Å². The number of allylic oxidation sites excluding steroid dienone is 8. The van der Waals surface area contributed by atoms with Crippen molar-refractivity contribution in [2.24, 2.45) is 0 Å². The second-order valence-corrected chi connectivity index (χ2v) is 4.89. The molecule has 0 saturated carbocycles. The molecule has 0 fully saturated rings. The van der Waals surface area contributed by atoms with Gasteiger partial charge >= 0.3 is 26.2 Å². The SMILES string of the molecule is CC1=[C-]C(C)=CC1.CC1=[C-]C(C)=CC1.C[N-]C.C[N-]C.[Zr+4]. The van der Waals surface area contributed by atoms with Crippen LogP contribution < -0.4 is 0 Å². The van der Waals surface area contributed by atoms with E-state index in [9.17, 15) is 0 Å². The minimum atomic E-state index is 0. The molecule has 0 unspecified atom stereocenters. The Labute approximate surface area is 152 Å². The maximum Gasteiger partial charge on any atom is 4.00 e. The summed E-state index contributed by atoms with van der Waals surface area (Å²) in [7, 11) is 7.00. The Morgan fingerprint density at radius 2 is 0.952 bits per heavy atom. The standard InChI is InChI=1S/2C7H9.2C2H6N.Zr/c2*1-6-3-4-7(2)5-6;2*1-3-2;/h2*3H,4H2,1-2H3;2*1-2H3;/q4*-1;+4. The average Bonchev–Trinajstić information content (AvgIpc) is 2.90. The van der Waals surface area contributed by atoms with Crippen LogP contribution in [0.1, 0.15) is 40.5 Å². The molecule has 3 heteroatoms. The first-order valence-corrected chi connectivity index (χ1v) is 6.89. The average molecular weight is 366 g/mol. The summed E-state index contributed by atoms with van der Waals surface area (Å²) in [6.45, 7) is 8.37. The van der Waals surface area contributed by atoms with E-state index in [0.29, 0.717) is 0 Å². The fourth-order valence-corrected chi connectivity index (χ4v) is 1.49. The van der Waals surface area contributed by atoms with E-state index >= 15 is 0 Å². The van der Waals surface area contributed by atoms with Crippen LogP contribution in [0.3, 0.4) is 0 Å². The summed E-state index contributed by atoms with van der Waals surface area (Å²) in [6, 6.07) is 0. The third-order valence-electron chi connectivity index (χ3n) is 2.25. The summed E-state index contributed by atoms with van der Waals surface area (Å²) in [6.07, 6.45) is 13.0. The summed E-state index contributed by atoms with van der Waals surface area (Å²) < 4.78 is 0. The number of hydrogen-bond donors (Lipinski definition) is 0. The molecule has 0 atom stereocenters. The molecule has 0 spiro atoms. The summed E-state index contributed by atoms with van der Waals surface area (Å²) in [5.74, 6) is 0. The van der Waals surface area contributed by atoms with Crippen LogP contribution in [0.25, 0.3) is 10.6 Å². The third-order valence-corrected chi connectivity index (χ3v) is 2.25. The van der Waals surface area contributed by atoms with Crippen molar-refractivity contribution in [3.8, 4) is 0 Å². The summed E-state index contributed by atoms with van der Waals surface area (Å²) in [5, 5.41) is 7.00. The summed E-state index contributed by atoms with van der Waals surface area (Å²) in [4.78, 5) is 0. The molecule has 2 nitrogen and oxygen atoms in total. The van der Waals surface area contributed by atoms with Crippen molar-refractivity contribution < 1.29 is 26.2 Å². The zero-order chi connectivity index (χ0) is 16.0. The van der Waals surface area contributed by atoms with E-state index in [-0.39, 0.29) is 26.2 Å². The van der Waals surface area contributed by atoms with Crippen LogP contribution in [0.5, 0.6) is 0 Å². The van der Waals surface area contributed by atoms with Gasteiger partial charge in [0.25, 0.3) is 0 Å². The maximum atomic E-state index is 3.50. The molecule has 0 heterocycles. The predicted octanol–water partition coefficient (Wildman–Crippen LogP) is 5.41. The van der Waals surface area contributed by atoms with Crippen molar-refractivity contribution in [1.29, 1.82) is 0 Å². The summed E-state index contributed by atoms with van der Waals surface area (Å²) >= 11 is 0. The van der Waals surface area contributed by atoms with Gasteiger partial charge in [-0.3, -0.25) is 12.2 Å². The molecule has 0 N–H and O–H groups in total. The second-order valence-electron chi connectivity index (χ2n) is 4.89. The van der Waals surface area contributed by atoms with Crippen molar-refractivity contribution in [2.75, 3.05) is 28.2 Å². The van der Waals surface area contributed by atoms with Crippen molar-refractivity contribution in [2.45, 2.75) is 40.5 Å². The Balaban J connectivity index is -0.000000220. The zero-order valence-corrected chi connectivity index (χ0v) is 17.4. The minimum Gasteiger partial charge on any atom is -0.668 e. The Morgan fingerprint density at radius 1 is 0.714 bits per heavy atom. The molecule has 2 aliphatic rings. The van der Waals surface area contributed by atoms with Gasteiger partial charge in [0.05, 0.1) is 0 Å². The predicted molar refractivity (Wildman–Crippen MR) is 92.0 cm³/mol. The molecule has 0 saturated heterocycles. The zero-order valence-electron chi connectivity index (χ0n) is 15.0. The van der Waals surface area contributed by atoms with Crippen molar-refractivity contribution >= 4 is 0 Å². The number of nitrogens with zero attached hydrogens (tertiary/aromatic N) is 2. The van der Waals surface area contributed by atoms with Gasteiger partial charge in [0.1, 0.15) is 0 Å². The Kier molecular flexibility index (Phi) is 21.8. The van der Waals surface area contributed by atoms with Gasteiger partial charge in [-0.1, -0.05) is 40.5 Å². The van der Waals surface area contributed by atoms with Gasteiger partial charge in [0.15, 0.2) is 0 Å². The molecule has 0 aromatic rings. The van der Waals surface area contributed by atoms with Crippen LogP contribution in [0.4, 0.5) is 0 Å². The van der Waals surface area contributed by atoms with E-state index in [1.165, 1.54) is 22.3 Å². The van der Waals surface area contributed by atoms with Crippen LogP contribution >= 0.6 is 0 Å². The van der Waals surface area contributed by atoms with E-state index < -0.39 is 0 Å². The first kappa shape index (κ1) is 25.7.